The molecule has 0 aliphatic rings. The Morgan fingerprint density at radius 2 is 2.11 bits per heavy atom. The highest BCUT2D eigenvalue weighted by molar-refractivity contribution is 6.29. The number of rotatable bonds is 2. The maximum atomic E-state index is 11.9. The number of aromatic nitrogens is 4. The third kappa shape index (κ3) is 2.38. The Kier molecular flexibility index (Phi) is 2.85. The number of nitrogens with one attached hydrogen (secondary N) is 2. The first-order chi connectivity index (χ1) is 9.22. The van der Waals surface area contributed by atoms with E-state index < -0.39 is 0 Å². The lowest BCUT2D eigenvalue weighted by atomic mass is 10.2. The second-order valence-electron chi connectivity index (χ2n) is 3.85. The van der Waals surface area contributed by atoms with Crippen molar-refractivity contribution in [2.45, 2.75) is 0 Å². The Bertz CT molecular complexity index is 737. The molecule has 1 amide bonds. The number of anilines is 1. The molecule has 2 heterocycles. The summed E-state index contributed by atoms with van der Waals surface area (Å²) in [7, 11) is 0. The predicted octanol–water partition coefficient (Wildman–Crippen LogP) is 2.26. The second-order valence-corrected chi connectivity index (χ2v) is 4.24. The summed E-state index contributed by atoms with van der Waals surface area (Å²) in [5.74, 6) is -0.344. The van der Waals surface area contributed by atoms with Crippen molar-refractivity contribution in [2.24, 2.45) is 0 Å². The van der Waals surface area contributed by atoms with Gasteiger partial charge in [0.1, 0.15) is 10.8 Å². The van der Waals surface area contributed by atoms with E-state index in [-0.39, 0.29) is 16.8 Å². The van der Waals surface area contributed by atoms with Crippen molar-refractivity contribution in [3.63, 3.8) is 0 Å². The number of carbonyl (C=O) groups excluding carboxylic acids is 1. The van der Waals surface area contributed by atoms with Crippen molar-refractivity contribution in [1.82, 2.24) is 20.2 Å². The summed E-state index contributed by atoms with van der Waals surface area (Å²) in [6.45, 7) is 0. The van der Waals surface area contributed by atoms with Gasteiger partial charge < -0.3 is 5.32 Å². The molecule has 3 rings (SSSR count). The summed E-state index contributed by atoms with van der Waals surface area (Å²) in [6, 6.07) is 5.45. The minimum absolute atomic E-state index is 0.203. The predicted molar refractivity (Wildman–Crippen MR) is 71.1 cm³/mol. The fourth-order valence-corrected chi connectivity index (χ4v) is 1.74. The van der Waals surface area contributed by atoms with E-state index in [1.54, 1.807) is 18.3 Å². The molecule has 0 saturated carbocycles. The van der Waals surface area contributed by atoms with Crippen molar-refractivity contribution in [1.29, 1.82) is 0 Å². The topological polar surface area (TPSA) is 83.6 Å². The van der Waals surface area contributed by atoms with Crippen LogP contribution in [0.15, 0.2) is 36.8 Å². The summed E-state index contributed by atoms with van der Waals surface area (Å²) in [5, 5.41) is 10.7. The number of benzene rings is 1. The summed E-state index contributed by atoms with van der Waals surface area (Å²) in [5.41, 5.74) is 1.70. The first kappa shape index (κ1) is 11.6. The van der Waals surface area contributed by atoms with Crippen molar-refractivity contribution < 1.29 is 4.79 Å². The van der Waals surface area contributed by atoms with E-state index in [2.05, 4.69) is 25.5 Å². The van der Waals surface area contributed by atoms with Crippen LogP contribution >= 0.6 is 11.6 Å². The molecule has 1 aromatic carbocycles. The number of fused-ring (bicyclic) bond motifs is 1. The average molecular weight is 274 g/mol. The molecular weight excluding hydrogens is 266 g/mol. The van der Waals surface area contributed by atoms with Gasteiger partial charge >= 0.3 is 0 Å². The molecular formula is C12H8ClN5O. The zero-order chi connectivity index (χ0) is 13.2. The molecule has 0 spiro atoms. The van der Waals surface area contributed by atoms with Crippen molar-refractivity contribution >= 4 is 34.1 Å². The number of H-pyrrole nitrogens is 1. The van der Waals surface area contributed by atoms with E-state index in [0.29, 0.717) is 5.69 Å². The van der Waals surface area contributed by atoms with E-state index >= 15 is 0 Å². The van der Waals surface area contributed by atoms with Gasteiger partial charge in [-0.05, 0) is 18.2 Å². The zero-order valence-corrected chi connectivity index (χ0v) is 10.3. The number of amides is 1. The minimum Gasteiger partial charge on any atom is -0.321 e. The van der Waals surface area contributed by atoms with Crippen LogP contribution in [0, 0.1) is 0 Å². The fraction of sp³-hybridized carbons (Fsp3) is 0. The van der Waals surface area contributed by atoms with Crippen LogP contribution in [-0.2, 0) is 0 Å². The van der Waals surface area contributed by atoms with Crippen LogP contribution in [0.3, 0.4) is 0 Å². The zero-order valence-electron chi connectivity index (χ0n) is 9.59. The standard InChI is InChI=1S/C12H8ClN5O/c13-11-6-14-10(5-15-11)12(19)17-8-2-1-7-4-16-18-9(7)3-8/h1-6H,(H,16,18)(H,17,19). The molecule has 0 atom stereocenters. The number of aromatic amines is 1. The van der Waals surface area contributed by atoms with Crippen LogP contribution < -0.4 is 5.32 Å². The van der Waals surface area contributed by atoms with Crippen LogP contribution in [0.4, 0.5) is 5.69 Å². The Morgan fingerprint density at radius 3 is 2.89 bits per heavy atom. The van der Waals surface area contributed by atoms with Gasteiger partial charge in [0, 0.05) is 11.1 Å². The molecule has 7 heteroatoms. The maximum Gasteiger partial charge on any atom is 0.275 e. The lowest BCUT2D eigenvalue weighted by Gasteiger charge is -2.04. The van der Waals surface area contributed by atoms with Crippen LogP contribution in [-0.4, -0.2) is 26.1 Å². The summed E-state index contributed by atoms with van der Waals surface area (Å²) < 4.78 is 0. The Hall–Kier alpha value is -2.47. The van der Waals surface area contributed by atoms with Gasteiger partial charge in [-0.15, -0.1) is 0 Å². The molecule has 0 unspecified atom stereocenters. The fourth-order valence-electron chi connectivity index (χ4n) is 1.64. The SMILES string of the molecule is O=C(Nc1ccc2cn[nH]c2c1)c1cnc(Cl)cn1. The first-order valence-electron chi connectivity index (χ1n) is 5.44. The number of carbonyl (C=O) groups is 1. The van der Waals surface area contributed by atoms with Gasteiger partial charge in [0.25, 0.3) is 5.91 Å². The monoisotopic (exact) mass is 273 g/mol. The van der Waals surface area contributed by atoms with Crippen LogP contribution in [0.25, 0.3) is 10.9 Å². The lowest BCUT2D eigenvalue weighted by molar-refractivity contribution is 0.102. The maximum absolute atomic E-state index is 11.9. The Morgan fingerprint density at radius 1 is 1.21 bits per heavy atom. The van der Waals surface area contributed by atoms with Gasteiger partial charge in [-0.2, -0.15) is 5.10 Å². The smallest absolute Gasteiger partial charge is 0.275 e. The highest BCUT2D eigenvalue weighted by Gasteiger charge is 2.08. The van der Waals surface area contributed by atoms with Gasteiger partial charge in [-0.3, -0.25) is 9.89 Å². The number of nitrogens with zero attached hydrogens (tertiary/aromatic N) is 3. The van der Waals surface area contributed by atoms with Crippen molar-refractivity contribution in [3.05, 3.63) is 47.6 Å². The number of halogens is 1. The summed E-state index contributed by atoms with van der Waals surface area (Å²) in [4.78, 5) is 19.6. The van der Waals surface area contributed by atoms with E-state index in [1.807, 2.05) is 6.07 Å². The van der Waals surface area contributed by atoms with Gasteiger partial charge in [-0.1, -0.05) is 11.6 Å². The molecule has 0 fully saturated rings. The van der Waals surface area contributed by atoms with Crippen LogP contribution in [0.2, 0.25) is 5.15 Å². The van der Waals surface area contributed by atoms with E-state index in [1.165, 1.54) is 12.4 Å². The van der Waals surface area contributed by atoms with Crippen LogP contribution in [0.5, 0.6) is 0 Å². The summed E-state index contributed by atoms with van der Waals surface area (Å²) in [6.07, 6.45) is 4.37. The van der Waals surface area contributed by atoms with Crippen LogP contribution in [0.1, 0.15) is 10.5 Å². The second kappa shape index (κ2) is 4.66. The molecule has 0 radical (unpaired) electrons. The molecule has 19 heavy (non-hydrogen) atoms. The van der Waals surface area contributed by atoms with Crippen molar-refractivity contribution in [2.75, 3.05) is 5.32 Å². The Balaban J connectivity index is 1.83. The molecule has 0 bridgehead atoms. The lowest BCUT2D eigenvalue weighted by Crippen LogP contribution is -2.13. The quantitative estimate of drug-likeness (QED) is 0.750. The molecule has 0 aliphatic carbocycles. The van der Waals surface area contributed by atoms with Gasteiger partial charge in [0.05, 0.1) is 24.1 Å². The molecule has 6 nitrogen and oxygen atoms in total. The largest absolute Gasteiger partial charge is 0.321 e. The van der Waals surface area contributed by atoms with E-state index in [0.717, 1.165) is 10.9 Å². The van der Waals surface area contributed by atoms with E-state index in [4.69, 9.17) is 11.6 Å². The van der Waals surface area contributed by atoms with Gasteiger partial charge in [-0.25, -0.2) is 9.97 Å². The molecule has 0 saturated heterocycles. The van der Waals surface area contributed by atoms with Crippen molar-refractivity contribution in [3.8, 4) is 0 Å². The van der Waals surface area contributed by atoms with Gasteiger partial charge in [0.2, 0.25) is 0 Å². The molecule has 2 aromatic heterocycles. The third-order valence-corrected chi connectivity index (χ3v) is 2.75. The average Bonchev–Trinajstić information content (AvgIpc) is 2.87. The number of hydrogen-bond acceptors (Lipinski definition) is 4. The minimum atomic E-state index is -0.344. The molecule has 2 N–H and O–H groups in total. The molecule has 0 aliphatic heterocycles. The number of hydrogen-bond donors (Lipinski definition) is 2. The first-order valence-corrected chi connectivity index (χ1v) is 5.82. The van der Waals surface area contributed by atoms with Gasteiger partial charge in [0.15, 0.2) is 0 Å². The summed E-state index contributed by atoms with van der Waals surface area (Å²) >= 11 is 5.61. The molecule has 94 valence electrons. The highest BCUT2D eigenvalue weighted by Crippen LogP contribution is 2.17. The molecule has 3 aromatic rings. The normalized spacial score (nSPS) is 10.6. The highest BCUT2D eigenvalue weighted by atomic mass is 35.5. The third-order valence-electron chi connectivity index (χ3n) is 2.55. The Labute approximate surface area is 112 Å². The van der Waals surface area contributed by atoms with E-state index in [9.17, 15) is 4.79 Å².